The van der Waals surface area contributed by atoms with Crippen LogP contribution in [-0.2, 0) is 4.74 Å². The zero-order chi connectivity index (χ0) is 13.5. The van der Waals surface area contributed by atoms with Crippen LogP contribution in [0, 0.1) is 0 Å². The van der Waals surface area contributed by atoms with E-state index < -0.39 is 0 Å². The largest absolute Gasteiger partial charge is 0.496 e. The van der Waals surface area contributed by atoms with Gasteiger partial charge in [0.1, 0.15) is 5.75 Å². The lowest BCUT2D eigenvalue weighted by Crippen LogP contribution is -2.27. The summed E-state index contributed by atoms with van der Waals surface area (Å²) in [5, 5.41) is 2.80. The lowest BCUT2D eigenvalue weighted by Gasteiger charge is -2.12. The van der Waals surface area contributed by atoms with Gasteiger partial charge in [-0.2, -0.15) is 0 Å². The van der Waals surface area contributed by atoms with Crippen molar-refractivity contribution in [3.8, 4) is 5.75 Å². The minimum atomic E-state index is -0.133. The van der Waals surface area contributed by atoms with Crippen LogP contribution < -0.4 is 10.1 Å². The third-order valence-corrected chi connectivity index (χ3v) is 2.73. The maximum absolute atomic E-state index is 12.0. The number of carbonyl (C=O) groups is 1. The molecule has 1 aromatic carbocycles. The fraction of sp³-hybridized carbons (Fsp3) is 0.500. The van der Waals surface area contributed by atoms with E-state index in [4.69, 9.17) is 9.47 Å². The third kappa shape index (κ3) is 3.74. The van der Waals surface area contributed by atoms with Crippen LogP contribution in [0.4, 0.5) is 0 Å². The Bertz CT molecular complexity index is 402. The van der Waals surface area contributed by atoms with Crippen molar-refractivity contribution in [3.63, 3.8) is 0 Å². The standard InChI is InChI=1S/C14H21NO3/c1-10(2)11-5-6-13(18-4)12(9-11)14(16)15-7-8-17-3/h5-6,9-10H,7-8H2,1-4H3,(H,15,16). The van der Waals surface area contributed by atoms with Crippen molar-refractivity contribution < 1.29 is 14.3 Å². The summed E-state index contributed by atoms with van der Waals surface area (Å²) in [5.74, 6) is 0.835. The molecule has 0 heterocycles. The molecular weight excluding hydrogens is 230 g/mol. The van der Waals surface area contributed by atoms with Crippen LogP contribution in [0.3, 0.4) is 0 Å². The van der Waals surface area contributed by atoms with Crippen LogP contribution in [0.15, 0.2) is 18.2 Å². The van der Waals surface area contributed by atoms with Gasteiger partial charge in [-0.25, -0.2) is 0 Å². The number of hydrogen-bond donors (Lipinski definition) is 1. The van der Waals surface area contributed by atoms with Gasteiger partial charge >= 0.3 is 0 Å². The first-order valence-corrected chi connectivity index (χ1v) is 6.05. The minimum absolute atomic E-state index is 0.133. The van der Waals surface area contributed by atoms with E-state index in [0.29, 0.717) is 30.4 Å². The Morgan fingerprint density at radius 1 is 1.33 bits per heavy atom. The smallest absolute Gasteiger partial charge is 0.255 e. The average molecular weight is 251 g/mol. The van der Waals surface area contributed by atoms with Gasteiger partial charge in [0.25, 0.3) is 5.91 Å². The zero-order valence-corrected chi connectivity index (χ0v) is 11.4. The number of carbonyl (C=O) groups excluding carboxylic acids is 1. The van der Waals surface area contributed by atoms with Gasteiger partial charge in [-0.3, -0.25) is 4.79 Å². The number of hydrogen-bond acceptors (Lipinski definition) is 3. The maximum atomic E-state index is 12.0. The molecule has 0 unspecified atom stereocenters. The fourth-order valence-electron chi connectivity index (χ4n) is 1.62. The lowest BCUT2D eigenvalue weighted by molar-refractivity contribution is 0.0934. The van der Waals surface area contributed by atoms with Gasteiger partial charge in [-0.05, 0) is 23.6 Å². The van der Waals surface area contributed by atoms with E-state index in [2.05, 4.69) is 19.2 Å². The van der Waals surface area contributed by atoms with Crippen molar-refractivity contribution in [2.45, 2.75) is 19.8 Å². The fourth-order valence-corrected chi connectivity index (χ4v) is 1.62. The normalized spacial score (nSPS) is 10.5. The van der Waals surface area contributed by atoms with Gasteiger partial charge in [-0.15, -0.1) is 0 Å². The van der Waals surface area contributed by atoms with E-state index in [-0.39, 0.29) is 5.91 Å². The second-order valence-corrected chi connectivity index (χ2v) is 4.36. The van der Waals surface area contributed by atoms with Crippen molar-refractivity contribution in [1.82, 2.24) is 5.32 Å². The zero-order valence-electron chi connectivity index (χ0n) is 11.4. The number of nitrogens with one attached hydrogen (secondary N) is 1. The van der Waals surface area contributed by atoms with Crippen molar-refractivity contribution in [2.24, 2.45) is 0 Å². The second kappa shape index (κ2) is 7.01. The molecular formula is C14H21NO3. The summed E-state index contributed by atoms with van der Waals surface area (Å²) < 4.78 is 10.1. The summed E-state index contributed by atoms with van der Waals surface area (Å²) in [6.45, 7) is 5.17. The SMILES string of the molecule is COCCNC(=O)c1cc(C(C)C)ccc1OC. The lowest BCUT2D eigenvalue weighted by atomic mass is 10.00. The second-order valence-electron chi connectivity index (χ2n) is 4.36. The molecule has 100 valence electrons. The highest BCUT2D eigenvalue weighted by Crippen LogP contribution is 2.23. The van der Waals surface area contributed by atoms with Gasteiger partial charge in [0, 0.05) is 13.7 Å². The number of benzene rings is 1. The van der Waals surface area contributed by atoms with Crippen LogP contribution in [-0.4, -0.2) is 33.3 Å². The number of methoxy groups -OCH3 is 2. The quantitative estimate of drug-likeness (QED) is 0.788. The molecule has 0 aliphatic carbocycles. The first kappa shape index (κ1) is 14.5. The molecule has 0 spiro atoms. The summed E-state index contributed by atoms with van der Waals surface area (Å²) in [6.07, 6.45) is 0. The molecule has 1 aromatic rings. The Morgan fingerprint density at radius 2 is 2.06 bits per heavy atom. The number of amides is 1. The van der Waals surface area contributed by atoms with Crippen molar-refractivity contribution in [1.29, 1.82) is 0 Å². The molecule has 1 rings (SSSR count). The molecule has 0 aliphatic heterocycles. The highest BCUT2D eigenvalue weighted by atomic mass is 16.5. The highest BCUT2D eigenvalue weighted by Gasteiger charge is 2.13. The van der Waals surface area contributed by atoms with E-state index in [1.165, 1.54) is 0 Å². The summed E-state index contributed by atoms with van der Waals surface area (Å²) in [6, 6.07) is 5.70. The van der Waals surface area contributed by atoms with Crippen LogP contribution in [0.1, 0.15) is 35.7 Å². The van der Waals surface area contributed by atoms with Gasteiger partial charge in [0.05, 0.1) is 19.3 Å². The molecule has 4 nitrogen and oxygen atoms in total. The van der Waals surface area contributed by atoms with Crippen LogP contribution in [0.25, 0.3) is 0 Å². The molecule has 0 saturated heterocycles. The molecule has 1 N–H and O–H groups in total. The topological polar surface area (TPSA) is 47.6 Å². The molecule has 0 radical (unpaired) electrons. The molecule has 0 aromatic heterocycles. The molecule has 0 bridgehead atoms. The van der Waals surface area contributed by atoms with Crippen LogP contribution >= 0.6 is 0 Å². The van der Waals surface area contributed by atoms with E-state index in [0.717, 1.165) is 5.56 Å². The van der Waals surface area contributed by atoms with E-state index in [9.17, 15) is 4.79 Å². The summed E-state index contributed by atoms with van der Waals surface area (Å²) in [4.78, 5) is 12.0. The highest BCUT2D eigenvalue weighted by molar-refractivity contribution is 5.97. The van der Waals surface area contributed by atoms with E-state index in [1.807, 2.05) is 18.2 Å². The molecule has 0 saturated carbocycles. The molecule has 18 heavy (non-hydrogen) atoms. The molecule has 0 atom stereocenters. The Hall–Kier alpha value is -1.55. The molecule has 4 heteroatoms. The van der Waals surface area contributed by atoms with Crippen LogP contribution in [0.5, 0.6) is 5.75 Å². The predicted octanol–water partition coefficient (Wildman–Crippen LogP) is 2.19. The summed E-state index contributed by atoms with van der Waals surface area (Å²) >= 11 is 0. The Morgan fingerprint density at radius 3 is 2.61 bits per heavy atom. The molecule has 0 fully saturated rings. The van der Waals surface area contributed by atoms with Crippen molar-refractivity contribution >= 4 is 5.91 Å². The van der Waals surface area contributed by atoms with Gasteiger partial charge < -0.3 is 14.8 Å². The summed E-state index contributed by atoms with van der Waals surface area (Å²) in [7, 11) is 3.17. The third-order valence-electron chi connectivity index (χ3n) is 2.73. The Balaban J connectivity index is 2.89. The minimum Gasteiger partial charge on any atom is -0.496 e. The monoisotopic (exact) mass is 251 g/mol. The van der Waals surface area contributed by atoms with E-state index in [1.54, 1.807) is 14.2 Å². The maximum Gasteiger partial charge on any atom is 0.255 e. The van der Waals surface area contributed by atoms with E-state index >= 15 is 0 Å². The predicted molar refractivity (Wildman–Crippen MR) is 71.3 cm³/mol. The summed E-state index contributed by atoms with van der Waals surface area (Å²) in [5.41, 5.74) is 1.69. The first-order chi connectivity index (χ1) is 8.60. The number of ether oxygens (including phenoxy) is 2. The Kier molecular flexibility index (Phi) is 5.65. The van der Waals surface area contributed by atoms with Crippen molar-refractivity contribution in [3.05, 3.63) is 29.3 Å². The van der Waals surface area contributed by atoms with Gasteiger partial charge in [0.2, 0.25) is 0 Å². The number of rotatable bonds is 6. The van der Waals surface area contributed by atoms with Crippen molar-refractivity contribution in [2.75, 3.05) is 27.4 Å². The average Bonchev–Trinajstić information content (AvgIpc) is 2.38. The molecule has 0 aliphatic rings. The van der Waals surface area contributed by atoms with Gasteiger partial charge in [-0.1, -0.05) is 19.9 Å². The van der Waals surface area contributed by atoms with Crippen LogP contribution in [0.2, 0.25) is 0 Å². The Labute approximate surface area is 108 Å². The molecule has 1 amide bonds. The van der Waals surface area contributed by atoms with Gasteiger partial charge in [0.15, 0.2) is 0 Å². The first-order valence-electron chi connectivity index (χ1n) is 6.05.